The first-order chi connectivity index (χ1) is 11.6. The molecule has 0 saturated heterocycles. The van der Waals surface area contributed by atoms with Crippen LogP contribution in [0.3, 0.4) is 0 Å². The van der Waals surface area contributed by atoms with E-state index in [2.05, 4.69) is 9.12 Å². The van der Waals surface area contributed by atoms with Crippen molar-refractivity contribution >= 4 is 27.7 Å². The highest BCUT2D eigenvalue weighted by atomic mass is 32.2. The average molecular weight is 364 g/mol. The highest BCUT2D eigenvalue weighted by molar-refractivity contribution is 7.88. The minimum Gasteiger partial charge on any atom is -0.457 e. The van der Waals surface area contributed by atoms with Gasteiger partial charge in [-0.2, -0.15) is 8.42 Å². The van der Waals surface area contributed by atoms with Gasteiger partial charge in [-0.3, -0.25) is 14.3 Å². The predicted octanol–water partition coefficient (Wildman–Crippen LogP) is 2.00. The lowest BCUT2D eigenvalue weighted by Gasteiger charge is -2.17. The first-order valence-electron chi connectivity index (χ1n) is 7.64. The van der Waals surface area contributed by atoms with Gasteiger partial charge in [-0.15, -0.1) is 4.40 Å². The first-order valence-corrected chi connectivity index (χ1v) is 9.08. The number of benzene rings is 1. The summed E-state index contributed by atoms with van der Waals surface area (Å²) >= 11 is 0. The Morgan fingerprint density at radius 2 is 1.80 bits per heavy atom. The molecule has 0 bridgehead atoms. The number of nitrogens with one attached hydrogen (secondary N) is 1. The molecule has 0 radical (unpaired) electrons. The fourth-order valence-corrected chi connectivity index (χ4v) is 3.41. The van der Waals surface area contributed by atoms with E-state index in [1.807, 2.05) is 19.9 Å². The van der Waals surface area contributed by atoms with Crippen LogP contribution in [0, 0.1) is 13.8 Å². The van der Waals surface area contributed by atoms with Crippen LogP contribution in [0.1, 0.15) is 41.8 Å². The third kappa shape index (κ3) is 4.76. The summed E-state index contributed by atoms with van der Waals surface area (Å²) in [5.74, 6) is -0.918. The Morgan fingerprint density at radius 1 is 1.12 bits per heavy atom. The minimum absolute atomic E-state index is 0.163. The number of rotatable bonds is 5. The van der Waals surface area contributed by atoms with Gasteiger partial charge in [0, 0.05) is 16.8 Å². The Balaban J connectivity index is 1.98. The summed E-state index contributed by atoms with van der Waals surface area (Å²) in [7, 11) is -3.75. The van der Waals surface area contributed by atoms with Gasteiger partial charge in [0.05, 0.1) is 12.1 Å². The number of aryl methyl sites for hydroxylation is 2. The van der Waals surface area contributed by atoms with E-state index in [0.717, 1.165) is 11.1 Å². The van der Waals surface area contributed by atoms with Gasteiger partial charge in [-0.05, 0) is 44.9 Å². The molecule has 0 aromatic heterocycles. The summed E-state index contributed by atoms with van der Waals surface area (Å²) < 4.78 is 33.6. The van der Waals surface area contributed by atoms with E-state index >= 15 is 0 Å². The van der Waals surface area contributed by atoms with Gasteiger partial charge in [0.2, 0.25) is 0 Å². The van der Waals surface area contributed by atoms with Crippen molar-refractivity contribution in [2.75, 3.05) is 6.61 Å². The molecule has 0 fully saturated rings. The molecular formula is C17H20N2O5S. The van der Waals surface area contributed by atoms with Crippen LogP contribution in [0.15, 0.2) is 33.9 Å². The number of hydrogen-bond acceptors (Lipinski definition) is 5. The maximum absolute atomic E-state index is 12.1. The Labute approximate surface area is 147 Å². The third-order valence-corrected chi connectivity index (χ3v) is 5.02. The molecule has 1 aliphatic heterocycles. The zero-order chi connectivity index (χ0) is 18.8. The van der Waals surface area contributed by atoms with Crippen LogP contribution in [0.2, 0.25) is 0 Å². The lowest BCUT2D eigenvalue weighted by atomic mass is 10.0. The lowest BCUT2D eigenvalue weighted by Crippen LogP contribution is -2.29. The Bertz CT molecular complexity index is 898. The normalized spacial score (nSPS) is 16.1. The second kappa shape index (κ2) is 7.18. The van der Waals surface area contributed by atoms with E-state index in [0.29, 0.717) is 16.8 Å². The van der Waals surface area contributed by atoms with Crippen molar-refractivity contribution in [3.8, 4) is 0 Å². The van der Waals surface area contributed by atoms with Crippen molar-refractivity contribution in [1.82, 2.24) is 4.72 Å². The number of ketones is 1. The van der Waals surface area contributed by atoms with Crippen molar-refractivity contribution in [3.63, 3.8) is 0 Å². The van der Waals surface area contributed by atoms with E-state index in [4.69, 9.17) is 4.74 Å². The van der Waals surface area contributed by atoms with Gasteiger partial charge in [-0.1, -0.05) is 12.1 Å². The maximum Gasteiger partial charge on any atom is 0.342 e. The number of carbonyl (C=O) groups excluding carboxylic acids is 2. The van der Waals surface area contributed by atoms with Crippen LogP contribution >= 0.6 is 0 Å². The topological polar surface area (TPSA) is 102 Å². The number of ether oxygens (including phenoxy) is 1. The van der Waals surface area contributed by atoms with Crippen LogP contribution in [0.5, 0.6) is 0 Å². The molecule has 2 rings (SSSR count). The van der Waals surface area contributed by atoms with Gasteiger partial charge in [0.1, 0.15) is 0 Å². The average Bonchev–Trinajstić information content (AvgIpc) is 2.50. The van der Waals surface area contributed by atoms with Gasteiger partial charge in [-0.25, -0.2) is 0 Å². The van der Waals surface area contributed by atoms with Gasteiger partial charge in [0.15, 0.2) is 12.4 Å². The zero-order valence-electron chi connectivity index (χ0n) is 14.5. The van der Waals surface area contributed by atoms with Crippen molar-refractivity contribution in [2.24, 2.45) is 4.40 Å². The monoisotopic (exact) mass is 364 g/mol. The number of allylic oxidation sites excluding steroid dienone is 1. The second-order valence-corrected chi connectivity index (χ2v) is 7.25. The number of esters is 1. The van der Waals surface area contributed by atoms with E-state index in [1.54, 1.807) is 19.1 Å². The van der Waals surface area contributed by atoms with Crippen molar-refractivity contribution in [2.45, 2.75) is 34.1 Å². The molecule has 1 N–H and O–H groups in total. The molecule has 25 heavy (non-hydrogen) atoms. The number of hydrogen-bond donors (Lipinski definition) is 1. The SMILES string of the molecule is CC1=NS(=O)(=O)NC(C)=C1CC(=O)OCC(=O)c1ccc(C)c(C)c1. The molecule has 0 aliphatic carbocycles. The molecular weight excluding hydrogens is 344 g/mol. The fraction of sp³-hybridized carbons (Fsp3) is 0.353. The fourth-order valence-electron chi connectivity index (χ4n) is 2.38. The summed E-state index contributed by atoms with van der Waals surface area (Å²) in [6.45, 7) is 6.53. The van der Waals surface area contributed by atoms with Crippen LogP contribution in [-0.4, -0.2) is 32.5 Å². The molecule has 1 aromatic carbocycles. The lowest BCUT2D eigenvalue weighted by molar-refractivity contribution is -0.141. The number of Topliss-reactive ketones (excluding diaryl/α,β-unsaturated/α-hetero) is 1. The van der Waals surface area contributed by atoms with Gasteiger partial charge in [0.25, 0.3) is 0 Å². The van der Waals surface area contributed by atoms with E-state index < -0.39 is 16.2 Å². The Hall–Kier alpha value is -2.48. The van der Waals surface area contributed by atoms with Crippen LogP contribution in [0.4, 0.5) is 0 Å². The first kappa shape index (κ1) is 18.9. The molecule has 7 nitrogen and oxygen atoms in total. The quantitative estimate of drug-likeness (QED) is 0.636. The summed E-state index contributed by atoms with van der Waals surface area (Å²) in [5, 5.41) is 0. The molecule has 134 valence electrons. The smallest absolute Gasteiger partial charge is 0.342 e. The summed E-state index contributed by atoms with van der Waals surface area (Å²) in [5.41, 5.74) is 3.54. The molecule has 0 atom stereocenters. The maximum atomic E-state index is 12.1. The van der Waals surface area contributed by atoms with E-state index in [9.17, 15) is 18.0 Å². The predicted molar refractivity (Wildman–Crippen MR) is 93.7 cm³/mol. The molecule has 0 unspecified atom stereocenters. The molecule has 8 heteroatoms. The molecule has 0 saturated carbocycles. The molecule has 0 amide bonds. The van der Waals surface area contributed by atoms with Crippen LogP contribution in [0.25, 0.3) is 0 Å². The zero-order valence-corrected chi connectivity index (χ0v) is 15.4. The van der Waals surface area contributed by atoms with E-state index in [1.165, 1.54) is 6.92 Å². The molecule has 0 spiro atoms. The van der Waals surface area contributed by atoms with Crippen molar-refractivity contribution in [1.29, 1.82) is 0 Å². The minimum atomic E-state index is -3.75. The standard InChI is InChI=1S/C17H20N2O5S/c1-10-5-6-14(7-11(10)2)16(20)9-24-17(21)8-15-12(3)18-25(22,23)19-13(15)4/h5-7,18H,8-9H2,1-4H3. The van der Waals surface area contributed by atoms with E-state index in [-0.39, 0.29) is 24.5 Å². The number of nitrogens with zero attached hydrogens (tertiary/aromatic N) is 1. The largest absolute Gasteiger partial charge is 0.457 e. The van der Waals surface area contributed by atoms with Gasteiger partial charge < -0.3 is 4.74 Å². The van der Waals surface area contributed by atoms with Crippen LogP contribution < -0.4 is 4.72 Å². The Kier molecular flexibility index (Phi) is 5.42. The molecule has 1 heterocycles. The molecule has 1 aromatic rings. The molecule has 1 aliphatic rings. The summed E-state index contributed by atoms with van der Waals surface area (Å²) in [6.07, 6.45) is -0.163. The summed E-state index contributed by atoms with van der Waals surface area (Å²) in [4.78, 5) is 24.1. The summed E-state index contributed by atoms with van der Waals surface area (Å²) in [6, 6.07) is 5.29. The van der Waals surface area contributed by atoms with Gasteiger partial charge >= 0.3 is 16.2 Å². The highest BCUT2D eigenvalue weighted by Gasteiger charge is 2.23. The van der Waals surface area contributed by atoms with Crippen molar-refractivity contribution < 1.29 is 22.7 Å². The van der Waals surface area contributed by atoms with Crippen LogP contribution in [-0.2, 0) is 19.7 Å². The van der Waals surface area contributed by atoms with Crippen molar-refractivity contribution in [3.05, 3.63) is 46.2 Å². The highest BCUT2D eigenvalue weighted by Crippen LogP contribution is 2.17. The number of carbonyl (C=O) groups is 2. The second-order valence-electron chi connectivity index (χ2n) is 5.92. The Morgan fingerprint density at radius 3 is 2.40 bits per heavy atom. The third-order valence-electron chi connectivity index (χ3n) is 3.94.